The standard InChI is InChI=1S/C12H23ClO2.Na.H/c1-2-3-4-5-6-7-8-9-10-11-12(14)15-13;;/h2-11H2,1H3;;/q;+1;-1. The number of unbranched alkanes of at least 4 members (excludes halogenated alkanes) is 8. The van der Waals surface area contributed by atoms with Gasteiger partial charge in [0.1, 0.15) is 11.9 Å². The van der Waals surface area contributed by atoms with Crippen LogP contribution >= 0.6 is 11.9 Å². The van der Waals surface area contributed by atoms with E-state index in [4.69, 9.17) is 11.9 Å². The van der Waals surface area contributed by atoms with E-state index >= 15 is 0 Å². The van der Waals surface area contributed by atoms with Crippen molar-refractivity contribution in [3.8, 4) is 0 Å². The fourth-order valence-electron chi connectivity index (χ4n) is 1.62. The van der Waals surface area contributed by atoms with E-state index in [1.165, 1.54) is 44.9 Å². The van der Waals surface area contributed by atoms with Crippen molar-refractivity contribution in [1.29, 1.82) is 0 Å². The molecule has 0 saturated heterocycles. The zero-order chi connectivity index (χ0) is 11.4. The summed E-state index contributed by atoms with van der Waals surface area (Å²) in [6.45, 7) is 2.23. The zero-order valence-electron chi connectivity index (χ0n) is 11.8. The number of rotatable bonds is 10. The van der Waals surface area contributed by atoms with Crippen molar-refractivity contribution in [2.75, 3.05) is 0 Å². The summed E-state index contributed by atoms with van der Waals surface area (Å²) in [5.74, 6) is -0.306. The van der Waals surface area contributed by atoms with Crippen molar-refractivity contribution in [3.63, 3.8) is 0 Å². The van der Waals surface area contributed by atoms with Crippen molar-refractivity contribution in [2.45, 2.75) is 71.1 Å². The molecule has 0 aliphatic rings. The summed E-state index contributed by atoms with van der Waals surface area (Å²) in [7, 11) is 0. The maximum absolute atomic E-state index is 10.7. The monoisotopic (exact) mass is 258 g/mol. The van der Waals surface area contributed by atoms with Crippen LogP contribution in [0.1, 0.15) is 72.6 Å². The van der Waals surface area contributed by atoms with E-state index < -0.39 is 0 Å². The molecule has 0 spiro atoms. The van der Waals surface area contributed by atoms with Gasteiger partial charge >= 0.3 is 35.5 Å². The van der Waals surface area contributed by atoms with Gasteiger partial charge in [-0.1, -0.05) is 58.3 Å². The van der Waals surface area contributed by atoms with Gasteiger partial charge in [0.25, 0.3) is 0 Å². The molecule has 0 amide bonds. The Bertz CT molecular complexity index is 159. The molecule has 0 unspecified atom stereocenters. The third-order valence-electron chi connectivity index (χ3n) is 2.57. The quantitative estimate of drug-likeness (QED) is 0.441. The molecule has 0 aliphatic heterocycles. The van der Waals surface area contributed by atoms with Gasteiger partial charge in [-0.3, -0.25) is 4.79 Å². The largest absolute Gasteiger partial charge is 1.00 e. The summed E-state index contributed by atoms with van der Waals surface area (Å²) in [6, 6.07) is 0. The van der Waals surface area contributed by atoms with E-state index in [9.17, 15) is 4.79 Å². The van der Waals surface area contributed by atoms with Crippen LogP contribution in [0.15, 0.2) is 0 Å². The first-order valence-electron chi connectivity index (χ1n) is 6.12. The van der Waals surface area contributed by atoms with Crippen LogP contribution in [-0.4, -0.2) is 5.97 Å². The van der Waals surface area contributed by atoms with E-state index in [-0.39, 0.29) is 37.0 Å². The molecule has 0 radical (unpaired) electrons. The molecule has 0 aromatic carbocycles. The van der Waals surface area contributed by atoms with Crippen LogP contribution in [0.5, 0.6) is 0 Å². The smallest absolute Gasteiger partial charge is 1.00 e. The molecule has 0 aromatic rings. The van der Waals surface area contributed by atoms with Crippen molar-refractivity contribution in [3.05, 3.63) is 0 Å². The van der Waals surface area contributed by atoms with Gasteiger partial charge in [0.2, 0.25) is 0 Å². The van der Waals surface area contributed by atoms with Crippen LogP contribution in [-0.2, 0) is 9.08 Å². The molecule has 92 valence electrons. The Kier molecular flexibility index (Phi) is 18.8. The van der Waals surface area contributed by atoms with Crippen molar-refractivity contribution >= 4 is 17.8 Å². The molecule has 0 saturated carbocycles. The fraction of sp³-hybridized carbons (Fsp3) is 0.917. The Labute approximate surface area is 128 Å². The van der Waals surface area contributed by atoms with E-state index in [0.29, 0.717) is 6.42 Å². The average molecular weight is 259 g/mol. The first kappa shape index (κ1) is 19.1. The number of hydrogen-bond donors (Lipinski definition) is 0. The summed E-state index contributed by atoms with van der Waals surface area (Å²) in [6.07, 6.45) is 11.7. The van der Waals surface area contributed by atoms with Crippen LogP contribution in [0.2, 0.25) is 0 Å². The topological polar surface area (TPSA) is 26.3 Å². The first-order chi connectivity index (χ1) is 7.31. The minimum atomic E-state index is -0.306. The number of carbonyl (C=O) groups excluding carboxylic acids is 1. The van der Waals surface area contributed by atoms with E-state index in [1.807, 2.05) is 0 Å². The molecule has 0 bridgehead atoms. The van der Waals surface area contributed by atoms with Crippen LogP contribution in [0.25, 0.3) is 0 Å². The minimum Gasteiger partial charge on any atom is -1.00 e. The number of carbonyl (C=O) groups is 1. The van der Waals surface area contributed by atoms with Crippen molar-refractivity contribution in [2.24, 2.45) is 0 Å². The Morgan fingerprint density at radius 2 is 1.44 bits per heavy atom. The second-order valence-electron chi connectivity index (χ2n) is 4.03. The molecule has 0 atom stereocenters. The van der Waals surface area contributed by atoms with E-state index in [0.717, 1.165) is 12.8 Å². The van der Waals surface area contributed by atoms with Crippen LogP contribution < -0.4 is 29.6 Å². The SMILES string of the molecule is CCCCCCCCCCCC(=O)OCl.[H-].[Na+]. The van der Waals surface area contributed by atoms with Gasteiger partial charge in [-0.15, -0.1) is 0 Å². The third-order valence-corrected chi connectivity index (χ3v) is 2.74. The van der Waals surface area contributed by atoms with Gasteiger partial charge in [0.15, 0.2) is 0 Å². The van der Waals surface area contributed by atoms with Gasteiger partial charge in [-0.05, 0) is 6.42 Å². The zero-order valence-corrected chi connectivity index (χ0v) is 13.5. The Balaban J connectivity index is -0.000000980. The molecule has 0 fully saturated rings. The predicted octanol–water partition coefficient (Wildman–Crippen LogP) is 1.72. The number of hydrogen-bond acceptors (Lipinski definition) is 2. The van der Waals surface area contributed by atoms with Gasteiger partial charge in [0.05, 0.1) is 0 Å². The summed E-state index contributed by atoms with van der Waals surface area (Å²) in [5.41, 5.74) is 0. The molecule has 0 aliphatic carbocycles. The van der Waals surface area contributed by atoms with Crippen molar-refractivity contribution < 1.29 is 40.1 Å². The summed E-state index contributed by atoms with van der Waals surface area (Å²) < 4.78 is 4.06. The third kappa shape index (κ3) is 14.8. The van der Waals surface area contributed by atoms with E-state index in [2.05, 4.69) is 11.2 Å². The molecule has 0 heterocycles. The number of halogens is 1. The molecular weight excluding hydrogens is 235 g/mol. The average Bonchev–Trinajstić information content (AvgIpc) is 2.26. The molecule has 4 heteroatoms. The van der Waals surface area contributed by atoms with Gasteiger partial charge in [-0.2, -0.15) is 0 Å². The molecule has 0 N–H and O–H groups in total. The molecule has 0 aromatic heterocycles. The second kappa shape index (κ2) is 15.8. The Morgan fingerprint density at radius 1 is 1.00 bits per heavy atom. The predicted molar refractivity (Wildman–Crippen MR) is 64.9 cm³/mol. The Morgan fingerprint density at radius 3 is 1.88 bits per heavy atom. The summed E-state index contributed by atoms with van der Waals surface area (Å²) in [5, 5.41) is 0. The summed E-state index contributed by atoms with van der Waals surface area (Å²) >= 11 is 4.91. The van der Waals surface area contributed by atoms with E-state index in [1.54, 1.807) is 0 Å². The Hall–Kier alpha value is 0.760. The maximum Gasteiger partial charge on any atom is 1.00 e. The molecular formula is C12H24ClNaO2. The molecule has 16 heavy (non-hydrogen) atoms. The van der Waals surface area contributed by atoms with Crippen LogP contribution in [0.4, 0.5) is 0 Å². The minimum absolute atomic E-state index is 0. The normalized spacial score (nSPS) is 9.62. The maximum atomic E-state index is 10.7. The molecule has 2 nitrogen and oxygen atoms in total. The van der Waals surface area contributed by atoms with Gasteiger partial charge in [-0.25, -0.2) is 0 Å². The van der Waals surface area contributed by atoms with Gasteiger partial charge in [0, 0.05) is 6.42 Å². The van der Waals surface area contributed by atoms with Gasteiger partial charge < -0.3 is 5.72 Å². The molecule has 0 rings (SSSR count). The first-order valence-corrected chi connectivity index (χ1v) is 6.43. The second-order valence-corrected chi connectivity index (χ2v) is 4.18. The summed E-state index contributed by atoms with van der Waals surface area (Å²) in [4.78, 5) is 10.7. The van der Waals surface area contributed by atoms with Crippen LogP contribution in [0.3, 0.4) is 0 Å². The fourth-order valence-corrected chi connectivity index (χ4v) is 1.70. The van der Waals surface area contributed by atoms with Crippen molar-refractivity contribution in [1.82, 2.24) is 0 Å². The van der Waals surface area contributed by atoms with Crippen LogP contribution in [0, 0.1) is 0 Å².